The van der Waals surface area contributed by atoms with Crippen LogP contribution in [0.1, 0.15) is 19.8 Å². The molecule has 0 aromatic rings. The second-order valence-electron chi connectivity index (χ2n) is 4.67. The predicted octanol–water partition coefficient (Wildman–Crippen LogP) is 0.191. The first-order chi connectivity index (χ1) is 8.63. The van der Waals surface area contributed by atoms with Crippen LogP contribution >= 0.6 is 0 Å². The minimum Gasteiger partial charge on any atom is -0.383 e. The first kappa shape index (κ1) is 14.8. The summed E-state index contributed by atoms with van der Waals surface area (Å²) in [4.78, 5) is 24.9. The molecule has 0 bridgehead atoms. The van der Waals surface area contributed by atoms with E-state index in [1.165, 1.54) is 0 Å². The van der Waals surface area contributed by atoms with Gasteiger partial charge in [-0.25, -0.2) is 4.79 Å². The van der Waals surface area contributed by atoms with Gasteiger partial charge in [0.1, 0.15) is 0 Å². The molecule has 1 aliphatic rings. The molecule has 18 heavy (non-hydrogen) atoms. The summed E-state index contributed by atoms with van der Waals surface area (Å²) in [6, 6.07) is -0.149. The van der Waals surface area contributed by atoms with E-state index in [1.807, 2.05) is 0 Å². The summed E-state index contributed by atoms with van der Waals surface area (Å²) in [6.07, 6.45) is 2.07. The first-order valence-corrected chi connectivity index (χ1v) is 6.42. The number of amides is 3. The van der Waals surface area contributed by atoms with Crippen LogP contribution in [0.25, 0.3) is 0 Å². The highest BCUT2D eigenvalue weighted by molar-refractivity contribution is 5.83. The maximum Gasteiger partial charge on any atom is 0.317 e. The van der Waals surface area contributed by atoms with Crippen LogP contribution in [-0.4, -0.2) is 56.7 Å². The third kappa shape index (κ3) is 5.35. The number of piperidine rings is 1. The third-order valence-electron chi connectivity index (χ3n) is 3.10. The van der Waals surface area contributed by atoms with Gasteiger partial charge in [-0.3, -0.25) is 4.79 Å². The zero-order valence-corrected chi connectivity index (χ0v) is 11.2. The molecule has 0 saturated carbocycles. The molecule has 1 heterocycles. The SMILES string of the molecule is COCCNC(=O)CNC(=O)N1CCC(C)CC1. The van der Waals surface area contributed by atoms with Crippen molar-refractivity contribution in [1.29, 1.82) is 0 Å². The highest BCUT2D eigenvalue weighted by Crippen LogP contribution is 2.15. The monoisotopic (exact) mass is 257 g/mol. The van der Waals surface area contributed by atoms with Crippen LogP contribution in [0.15, 0.2) is 0 Å². The van der Waals surface area contributed by atoms with Gasteiger partial charge in [0.2, 0.25) is 5.91 Å². The van der Waals surface area contributed by atoms with Crippen LogP contribution in [-0.2, 0) is 9.53 Å². The van der Waals surface area contributed by atoms with Gasteiger partial charge in [-0.1, -0.05) is 6.92 Å². The van der Waals surface area contributed by atoms with Crippen molar-refractivity contribution in [3.8, 4) is 0 Å². The van der Waals surface area contributed by atoms with Gasteiger partial charge < -0.3 is 20.3 Å². The molecule has 0 radical (unpaired) electrons. The van der Waals surface area contributed by atoms with Crippen LogP contribution in [0, 0.1) is 5.92 Å². The summed E-state index contributed by atoms with van der Waals surface area (Å²) in [5.41, 5.74) is 0. The number of hydrogen-bond donors (Lipinski definition) is 2. The fraction of sp³-hybridized carbons (Fsp3) is 0.833. The van der Waals surface area contributed by atoms with Crippen LogP contribution in [0.4, 0.5) is 4.79 Å². The van der Waals surface area contributed by atoms with E-state index < -0.39 is 0 Å². The standard InChI is InChI=1S/C12H23N3O3/c1-10-3-6-15(7-4-10)12(17)14-9-11(16)13-5-8-18-2/h10H,3-9H2,1-2H3,(H,13,16)(H,14,17). The quantitative estimate of drug-likeness (QED) is 0.691. The Morgan fingerprint density at radius 1 is 1.28 bits per heavy atom. The molecule has 0 spiro atoms. The number of ether oxygens (including phenoxy) is 1. The number of nitrogens with zero attached hydrogens (tertiary/aromatic N) is 1. The van der Waals surface area contributed by atoms with Crippen molar-refractivity contribution in [1.82, 2.24) is 15.5 Å². The maximum absolute atomic E-state index is 11.7. The van der Waals surface area contributed by atoms with Gasteiger partial charge in [-0.15, -0.1) is 0 Å². The Hall–Kier alpha value is -1.30. The van der Waals surface area contributed by atoms with Crippen LogP contribution in [0.5, 0.6) is 0 Å². The normalized spacial score (nSPS) is 16.4. The number of methoxy groups -OCH3 is 1. The summed E-state index contributed by atoms with van der Waals surface area (Å²) >= 11 is 0. The summed E-state index contributed by atoms with van der Waals surface area (Å²) in [6.45, 7) is 4.71. The fourth-order valence-corrected chi connectivity index (χ4v) is 1.83. The van der Waals surface area contributed by atoms with E-state index in [9.17, 15) is 9.59 Å². The lowest BCUT2D eigenvalue weighted by Gasteiger charge is -2.30. The Morgan fingerprint density at radius 2 is 1.94 bits per heavy atom. The van der Waals surface area contributed by atoms with Gasteiger partial charge >= 0.3 is 6.03 Å². The topological polar surface area (TPSA) is 70.7 Å². The lowest BCUT2D eigenvalue weighted by molar-refractivity contribution is -0.120. The Kier molecular flexibility index (Phi) is 6.49. The van der Waals surface area contributed by atoms with Gasteiger partial charge in [0.25, 0.3) is 0 Å². The van der Waals surface area contributed by atoms with E-state index in [2.05, 4.69) is 17.6 Å². The number of hydrogen-bond acceptors (Lipinski definition) is 3. The fourth-order valence-electron chi connectivity index (χ4n) is 1.83. The Morgan fingerprint density at radius 3 is 2.56 bits per heavy atom. The molecule has 2 N–H and O–H groups in total. The summed E-state index contributed by atoms with van der Waals surface area (Å²) < 4.78 is 4.81. The summed E-state index contributed by atoms with van der Waals surface area (Å²) in [5, 5.41) is 5.28. The first-order valence-electron chi connectivity index (χ1n) is 6.42. The molecule has 0 aliphatic carbocycles. The van der Waals surface area contributed by atoms with Gasteiger partial charge in [-0.2, -0.15) is 0 Å². The molecular weight excluding hydrogens is 234 g/mol. The molecule has 6 nitrogen and oxygen atoms in total. The van der Waals surface area contributed by atoms with Crippen molar-refractivity contribution in [2.45, 2.75) is 19.8 Å². The molecule has 3 amide bonds. The van der Waals surface area contributed by atoms with E-state index in [1.54, 1.807) is 12.0 Å². The van der Waals surface area contributed by atoms with Crippen molar-refractivity contribution in [2.75, 3.05) is 39.9 Å². The zero-order chi connectivity index (χ0) is 13.4. The minimum atomic E-state index is -0.189. The van der Waals surface area contributed by atoms with Gasteiger partial charge in [-0.05, 0) is 18.8 Å². The number of nitrogens with one attached hydrogen (secondary N) is 2. The van der Waals surface area contributed by atoms with E-state index in [0.29, 0.717) is 19.1 Å². The van der Waals surface area contributed by atoms with Crippen molar-refractivity contribution >= 4 is 11.9 Å². The zero-order valence-electron chi connectivity index (χ0n) is 11.2. The smallest absolute Gasteiger partial charge is 0.317 e. The van der Waals surface area contributed by atoms with Crippen LogP contribution in [0.3, 0.4) is 0 Å². The molecular formula is C12H23N3O3. The molecule has 6 heteroatoms. The molecule has 1 fully saturated rings. The lowest BCUT2D eigenvalue weighted by atomic mass is 10.00. The van der Waals surface area contributed by atoms with Gasteiger partial charge in [0, 0.05) is 26.7 Å². The molecule has 0 aromatic heterocycles. The van der Waals surface area contributed by atoms with E-state index in [4.69, 9.17) is 4.74 Å². The molecule has 0 atom stereocenters. The third-order valence-corrected chi connectivity index (χ3v) is 3.10. The Labute approximate surface area is 108 Å². The highest BCUT2D eigenvalue weighted by atomic mass is 16.5. The number of carbonyl (C=O) groups is 2. The Balaban J connectivity index is 2.14. The number of rotatable bonds is 5. The van der Waals surface area contributed by atoms with Gasteiger partial charge in [0.05, 0.1) is 13.2 Å². The molecule has 104 valence electrons. The lowest BCUT2D eigenvalue weighted by Crippen LogP contribution is -2.47. The highest BCUT2D eigenvalue weighted by Gasteiger charge is 2.20. The largest absolute Gasteiger partial charge is 0.383 e. The van der Waals surface area contributed by atoms with Crippen molar-refractivity contribution < 1.29 is 14.3 Å². The molecule has 1 saturated heterocycles. The predicted molar refractivity (Wildman–Crippen MR) is 68.3 cm³/mol. The van der Waals surface area contributed by atoms with Crippen molar-refractivity contribution in [3.63, 3.8) is 0 Å². The molecule has 0 aromatic carbocycles. The average molecular weight is 257 g/mol. The van der Waals surface area contributed by atoms with Crippen LogP contribution in [0.2, 0.25) is 0 Å². The van der Waals surface area contributed by atoms with E-state index in [-0.39, 0.29) is 18.5 Å². The van der Waals surface area contributed by atoms with Crippen molar-refractivity contribution in [3.05, 3.63) is 0 Å². The van der Waals surface area contributed by atoms with Gasteiger partial charge in [0.15, 0.2) is 0 Å². The second-order valence-corrected chi connectivity index (χ2v) is 4.67. The molecule has 1 rings (SSSR count). The number of likely N-dealkylation sites (tertiary alicyclic amines) is 1. The van der Waals surface area contributed by atoms with E-state index in [0.717, 1.165) is 25.9 Å². The number of carbonyl (C=O) groups excluding carboxylic acids is 2. The summed E-state index contributed by atoms with van der Waals surface area (Å²) in [7, 11) is 1.57. The van der Waals surface area contributed by atoms with Crippen molar-refractivity contribution in [2.24, 2.45) is 5.92 Å². The van der Waals surface area contributed by atoms with E-state index >= 15 is 0 Å². The van der Waals surface area contributed by atoms with Crippen LogP contribution < -0.4 is 10.6 Å². The summed E-state index contributed by atoms with van der Waals surface area (Å²) in [5.74, 6) is 0.497. The minimum absolute atomic E-state index is 0.0224. The molecule has 0 unspecified atom stereocenters. The average Bonchev–Trinajstić information content (AvgIpc) is 2.37. The Bertz CT molecular complexity index is 276. The molecule has 1 aliphatic heterocycles. The second kappa shape index (κ2) is 7.92. The maximum atomic E-state index is 11.7. The number of urea groups is 1.